The Morgan fingerprint density at radius 3 is 2.30 bits per heavy atom. The summed E-state index contributed by atoms with van der Waals surface area (Å²) in [5, 5.41) is 4.91. The maximum Gasteiger partial charge on any atom is 0.259 e. The van der Waals surface area contributed by atoms with E-state index in [0.717, 1.165) is 5.56 Å². The van der Waals surface area contributed by atoms with Crippen molar-refractivity contribution < 1.29 is 14.4 Å². The van der Waals surface area contributed by atoms with E-state index in [1.54, 1.807) is 36.4 Å². The maximum atomic E-state index is 12.2. The second kappa shape index (κ2) is 6.25. The smallest absolute Gasteiger partial charge is 0.259 e. The van der Waals surface area contributed by atoms with Gasteiger partial charge < -0.3 is 11.5 Å². The molecule has 2 aromatic rings. The van der Waals surface area contributed by atoms with Crippen molar-refractivity contribution in [1.29, 1.82) is 0 Å². The summed E-state index contributed by atoms with van der Waals surface area (Å²) in [6, 6.07) is 11.6. The number of fused-ring (bicyclic) bond motifs is 1. The van der Waals surface area contributed by atoms with E-state index in [0.29, 0.717) is 16.8 Å². The number of hydrogen-bond acceptors (Lipinski definition) is 4. The van der Waals surface area contributed by atoms with Gasteiger partial charge in [-0.2, -0.15) is 0 Å². The summed E-state index contributed by atoms with van der Waals surface area (Å²) in [7, 11) is 0. The monoisotopic (exact) mass is 309 g/mol. The van der Waals surface area contributed by atoms with Gasteiger partial charge in [-0.15, -0.1) is 0 Å². The number of amides is 3. The van der Waals surface area contributed by atoms with Crippen LogP contribution in [0.5, 0.6) is 0 Å². The Balaban J connectivity index is 0.00000192. The first kappa shape index (κ1) is 16.1. The predicted molar refractivity (Wildman–Crippen MR) is 87.7 cm³/mol. The SMILES string of the molecule is C=Cc1ccc(C(=O)Nc2ccc3c(c2)C(=O)NC3=O)cc1.N. The summed E-state index contributed by atoms with van der Waals surface area (Å²) in [4.78, 5) is 35.2. The van der Waals surface area contributed by atoms with Gasteiger partial charge >= 0.3 is 0 Å². The van der Waals surface area contributed by atoms with Crippen LogP contribution < -0.4 is 16.8 Å². The molecule has 0 aromatic heterocycles. The molecular formula is C17H15N3O3. The zero-order valence-electron chi connectivity index (χ0n) is 12.3. The highest BCUT2D eigenvalue weighted by atomic mass is 16.2. The van der Waals surface area contributed by atoms with Crippen LogP contribution in [0.3, 0.4) is 0 Å². The predicted octanol–water partition coefficient (Wildman–Crippen LogP) is 2.63. The van der Waals surface area contributed by atoms with Crippen LogP contribution >= 0.6 is 0 Å². The van der Waals surface area contributed by atoms with Crippen molar-refractivity contribution in [2.75, 3.05) is 5.32 Å². The van der Waals surface area contributed by atoms with Crippen molar-refractivity contribution in [1.82, 2.24) is 11.5 Å². The van der Waals surface area contributed by atoms with Gasteiger partial charge in [0.1, 0.15) is 0 Å². The summed E-state index contributed by atoms with van der Waals surface area (Å²) in [6.07, 6.45) is 1.69. The van der Waals surface area contributed by atoms with Gasteiger partial charge in [-0.05, 0) is 35.9 Å². The van der Waals surface area contributed by atoms with Gasteiger partial charge in [-0.25, -0.2) is 0 Å². The third-order valence-corrected chi connectivity index (χ3v) is 3.40. The maximum absolute atomic E-state index is 12.2. The van der Waals surface area contributed by atoms with Gasteiger partial charge in [-0.3, -0.25) is 19.7 Å². The molecule has 0 bridgehead atoms. The molecule has 116 valence electrons. The molecule has 0 atom stereocenters. The van der Waals surface area contributed by atoms with Crippen LogP contribution in [0.4, 0.5) is 5.69 Å². The summed E-state index contributed by atoms with van der Waals surface area (Å²) < 4.78 is 0. The van der Waals surface area contributed by atoms with E-state index in [-0.39, 0.29) is 17.6 Å². The van der Waals surface area contributed by atoms with E-state index in [4.69, 9.17) is 0 Å². The van der Waals surface area contributed by atoms with Crippen molar-refractivity contribution in [2.24, 2.45) is 0 Å². The minimum atomic E-state index is -0.452. The van der Waals surface area contributed by atoms with Crippen LogP contribution in [0, 0.1) is 0 Å². The number of carbonyl (C=O) groups excluding carboxylic acids is 3. The Morgan fingerprint density at radius 1 is 1.00 bits per heavy atom. The van der Waals surface area contributed by atoms with Crippen molar-refractivity contribution in [2.45, 2.75) is 0 Å². The molecule has 1 aliphatic rings. The first-order chi connectivity index (χ1) is 10.6. The highest BCUT2D eigenvalue weighted by Gasteiger charge is 2.26. The van der Waals surface area contributed by atoms with E-state index >= 15 is 0 Å². The van der Waals surface area contributed by atoms with Gasteiger partial charge in [0.05, 0.1) is 11.1 Å². The fourth-order valence-electron chi connectivity index (χ4n) is 2.22. The zero-order chi connectivity index (χ0) is 15.7. The molecule has 0 saturated heterocycles. The van der Waals surface area contributed by atoms with Crippen LogP contribution in [-0.4, -0.2) is 17.7 Å². The first-order valence-electron chi connectivity index (χ1n) is 6.62. The van der Waals surface area contributed by atoms with Crippen LogP contribution in [0.2, 0.25) is 0 Å². The summed E-state index contributed by atoms with van der Waals surface area (Å²) in [6.45, 7) is 3.65. The number of nitrogens with one attached hydrogen (secondary N) is 2. The van der Waals surface area contributed by atoms with Crippen LogP contribution in [-0.2, 0) is 0 Å². The van der Waals surface area contributed by atoms with Crippen molar-refractivity contribution in [3.05, 3.63) is 71.3 Å². The number of hydrogen-bond donors (Lipinski definition) is 3. The van der Waals surface area contributed by atoms with Gasteiger partial charge in [0.25, 0.3) is 17.7 Å². The standard InChI is InChI=1S/C17H12N2O3.H3N/c1-2-10-3-5-11(6-4-10)15(20)18-12-7-8-13-14(9-12)17(22)19-16(13)21;/h2-9H,1H2,(H,18,20)(H,19,21,22);1H3. The summed E-state index contributed by atoms with van der Waals surface area (Å²) >= 11 is 0. The first-order valence-corrected chi connectivity index (χ1v) is 6.62. The molecule has 1 aliphatic heterocycles. The Labute approximate surface area is 132 Å². The average molecular weight is 309 g/mol. The minimum absolute atomic E-state index is 0. The molecule has 1 heterocycles. The molecular weight excluding hydrogens is 294 g/mol. The summed E-state index contributed by atoms with van der Waals surface area (Å²) in [5.41, 5.74) is 2.46. The number of imide groups is 1. The fourth-order valence-corrected chi connectivity index (χ4v) is 2.22. The molecule has 6 heteroatoms. The lowest BCUT2D eigenvalue weighted by Crippen LogP contribution is -2.19. The third kappa shape index (κ3) is 3.02. The van der Waals surface area contributed by atoms with Crippen molar-refractivity contribution in [3.8, 4) is 0 Å². The minimum Gasteiger partial charge on any atom is -0.344 e. The lowest BCUT2D eigenvalue weighted by Gasteiger charge is -2.06. The molecule has 0 spiro atoms. The molecule has 3 rings (SSSR count). The molecule has 6 nitrogen and oxygen atoms in total. The molecule has 0 saturated carbocycles. The zero-order valence-corrected chi connectivity index (χ0v) is 12.3. The van der Waals surface area contributed by atoms with E-state index in [1.165, 1.54) is 12.1 Å². The lowest BCUT2D eigenvalue weighted by molar-refractivity contribution is 0.0878. The molecule has 0 unspecified atom stereocenters. The van der Waals surface area contributed by atoms with Crippen molar-refractivity contribution >= 4 is 29.5 Å². The molecule has 3 amide bonds. The van der Waals surface area contributed by atoms with Crippen LogP contribution in [0.15, 0.2) is 49.0 Å². The van der Waals surface area contributed by atoms with Gasteiger partial charge in [0.15, 0.2) is 0 Å². The average Bonchev–Trinajstić information content (AvgIpc) is 2.81. The molecule has 0 radical (unpaired) electrons. The second-order valence-electron chi connectivity index (χ2n) is 4.82. The summed E-state index contributed by atoms with van der Waals surface area (Å²) in [5.74, 6) is -1.16. The lowest BCUT2D eigenvalue weighted by atomic mass is 10.1. The molecule has 2 aromatic carbocycles. The molecule has 23 heavy (non-hydrogen) atoms. The Morgan fingerprint density at radius 2 is 1.65 bits per heavy atom. The van der Waals surface area contributed by atoms with E-state index in [2.05, 4.69) is 17.2 Å². The van der Waals surface area contributed by atoms with E-state index in [1.807, 2.05) is 0 Å². The highest BCUT2D eigenvalue weighted by Crippen LogP contribution is 2.20. The van der Waals surface area contributed by atoms with E-state index in [9.17, 15) is 14.4 Å². The number of carbonyl (C=O) groups is 3. The quantitative estimate of drug-likeness (QED) is 0.757. The van der Waals surface area contributed by atoms with Gasteiger partial charge in [0.2, 0.25) is 0 Å². The highest BCUT2D eigenvalue weighted by molar-refractivity contribution is 6.22. The molecule has 0 aliphatic carbocycles. The van der Waals surface area contributed by atoms with Crippen LogP contribution in [0.25, 0.3) is 6.08 Å². The van der Waals surface area contributed by atoms with E-state index < -0.39 is 11.8 Å². The Hall–Kier alpha value is -3.25. The normalized spacial score (nSPS) is 12.0. The Kier molecular flexibility index (Phi) is 4.38. The van der Waals surface area contributed by atoms with Crippen molar-refractivity contribution in [3.63, 3.8) is 0 Å². The number of anilines is 1. The fraction of sp³-hybridized carbons (Fsp3) is 0. The number of benzene rings is 2. The largest absolute Gasteiger partial charge is 0.344 e. The third-order valence-electron chi connectivity index (χ3n) is 3.40. The topological polar surface area (TPSA) is 110 Å². The number of rotatable bonds is 3. The van der Waals surface area contributed by atoms with Crippen LogP contribution in [0.1, 0.15) is 36.6 Å². The molecule has 0 fully saturated rings. The Bertz CT molecular complexity index is 810. The second-order valence-corrected chi connectivity index (χ2v) is 4.82. The van der Waals surface area contributed by atoms with Gasteiger partial charge in [0, 0.05) is 11.3 Å². The molecule has 5 N–H and O–H groups in total. The van der Waals surface area contributed by atoms with Gasteiger partial charge in [-0.1, -0.05) is 24.8 Å².